The molecule has 8 nitrogen and oxygen atoms in total. The molecule has 2 amide bonds. The highest BCUT2D eigenvalue weighted by Gasteiger charge is 2.26. The van der Waals surface area contributed by atoms with Crippen molar-refractivity contribution in [3.63, 3.8) is 0 Å². The smallest absolute Gasteiger partial charge is 0.256 e. The molecule has 2 fully saturated rings. The molecule has 1 aromatic carbocycles. The Morgan fingerprint density at radius 1 is 1.23 bits per heavy atom. The summed E-state index contributed by atoms with van der Waals surface area (Å²) in [6, 6.07) is 7.23. The molecule has 0 bridgehead atoms. The lowest BCUT2D eigenvalue weighted by Gasteiger charge is -2.36. The Balaban J connectivity index is 1.31. The second-order valence-corrected chi connectivity index (χ2v) is 8.87. The van der Waals surface area contributed by atoms with Gasteiger partial charge < -0.3 is 19.5 Å². The van der Waals surface area contributed by atoms with Gasteiger partial charge in [-0.15, -0.1) is 0 Å². The normalized spacial score (nSPS) is 19.5. The molecule has 2 aromatic rings. The molecule has 166 valence electrons. The molecular weight excluding hydrogens is 414 g/mol. The molecule has 1 aromatic heterocycles. The van der Waals surface area contributed by atoms with Crippen LogP contribution < -0.4 is 5.32 Å². The molecule has 0 spiro atoms. The first-order chi connectivity index (χ1) is 15.1. The van der Waals surface area contributed by atoms with Gasteiger partial charge in [0.25, 0.3) is 5.91 Å². The van der Waals surface area contributed by atoms with Crippen molar-refractivity contribution in [3.8, 4) is 0 Å². The number of nitrogens with zero attached hydrogens (tertiary/aromatic N) is 4. The van der Waals surface area contributed by atoms with E-state index in [4.69, 9.17) is 4.74 Å². The molecule has 2 saturated heterocycles. The summed E-state index contributed by atoms with van der Waals surface area (Å²) in [6.07, 6.45) is 6.15. The zero-order valence-corrected chi connectivity index (χ0v) is 18.6. The number of aryl methyl sites for hydroxylation is 1. The summed E-state index contributed by atoms with van der Waals surface area (Å²) in [5.74, 6) is 0.0361. The van der Waals surface area contributed by atoms with Crippen LogP contribution in [0.4, 0.5) is 5.69 Å². The van der Waals surface area contributed by atoms with Gasteiger partial charge in [-0.2, -0.15) is 0 Å². The van der Waals surface area contributed by atoms with Crippen LogP contribution in [0.1, 0.15) is 23.2 Å². The van der Waals surface area contributed by atoms with Crippen molar-refractivity contribution in [2.24, 2.45) is 7.05 Å². The average molecular weight is 444 g/mol. The van der Waals surface area contributed by atoms with Crippen LogP contribution in [0.5, 0.6) is 0 Å². The van der Waals surface area contributed by atoms with Crippen molar-refractivity contribution in [2.75, 3.05) is 50.4 Å². The van der Waals surface area contributed by atoms with E-state index in [1.165, 1.54) is 11.8 Å². The zero-order valence-electron chi connectivity index (χ0n) is 17.8. The summed E-state index contributed by atoms with van der Waals surface area (Å²) in [5, 5.41) is 3.68. The fourth-order valence-corrected chi connectivity index (χ4v) is 4.70. The first kappa shape index (κ1) is 21.9. The summed E-state index contributed by atoms with van der Waals surface area (Å²) < 4.78 is 7.60. The molecule has 1 N–H and O–H groups in total. The quantitative estimate of drug-likeness (QED) is 0.660. The molecule has 31 heavy (non-hydrogen) atoms. The summed E-state index contributed by atoms with van der Waals surface area (Å²) in [7, 11) is 1.89. The van der Waals surface area contributed by atoms with Gasteiger partial charge in [-0.3, -0.25) is 14.5 Å². The van der Waals surface area contributed by atoms with E-state index in [2.05, 4.69) is 15.2 Å². The van der Waals surface area contributed by atoms with Crippen molar-refractivity contribution < 1.29 is 14.3 Å². The molecular formula is C22H29N5O3S. The Hall–Kier alpha value is -2.36. The highest BCUT2D eigenvalue weighted by atomic mass is 32.2. The maximum Gasteiger partial charge on any atom is 0.256 e. The second-order valence-electron chi connectivity index (χ2n) is 7.93. The van der Waals surface area contributed by atoms with Crippen LogP contribution in [-0.2, 0) is 16.6 Å². The maximum atomic E-state index is 13.2. The second kappa shape index (κ2) is 10.3. The zero-order chi connectivity index (χ0) is 21.6. The van der Waals surface area contributed by atoms with Crippen molar-refractivity contribution in [1.82, 2.24) is 19.4 Å². The van der Waals surface area contributed by atoms with Gasteiger partial charge in [-0.25, -0.2) is 4.98 Å². The van der Waals surface area contributed by atoms with Crippen LogP contribution in [0.15, 0.2) is 41.8 Å². The van der Waals surface area contributed by atoms with E-state index in [0.717, 1.165) is 44.2 Å². The summed E-state index contributed by atoms with van der Waals surface area (Å²) in [5.41, 5.74) is 1.09. The number of anilines is 1. The van der Waals surface area contributed by atoms with Gasteiger partial charge >= 0.3 is 0 Å². The standard InChI is InChI=1S/C22H29N5O3S/c1-25-9-8-23-22(25)31-16-20(28)24-19-7-3-2-6-18(19)21(29)27-12-10-26(11-13-27)15-17-5-4-14-30-17/h2-3,6-9,17H,4-5,10-16H2,1H3,(H,24,28). The van der Waals surface area contributed by atoms with E-state index < -0.39 is 0 Å². The van der Waals surface area contributed by atoms with Crippen molar-refractivity contribution >= 4 is 29.3 Å². The number of benzene rings is 1. The van der Waals surface area contributed by atoms with Crippen LogP contribution in [0.2, 0.25) is 0 Å². The van der Waals surface area contributed by atoms with E-state index in [-0.39, 0.29) is 17.6 Å². The fourth-order valence-electron chi connectivity index (χ4n) is 3.97. The molecule has 2 aliphatic heterocycles. The summed E-state index contributed by atoms with van der Waals surface area (Å²) in [6.45, 7) is 4.88. The Kier molecular flexibility index (Phi) is 7.26. The average Bonchev–Trinajstić information content (AvgIpc) is 3.44. The predicted octanol–water partition coefficient (Wildman–Crippen LogP) is 2.09. The molecule has 0 radical (unpaired) electrons. The first-order valence-electron chi connectivity index (χ1n) is 10.7. The lowest BCUT2D eigenvalue weighted by atomic mass is 10.1. The number of amides is 2. The van der Waals surface area contributed by atoms with Crippen molar-refractivity contribution in [3.05, 3.63) is 42.2 Å². The number of carbonyl (C=O) groups excluding carboxylic acids is 2. The number of hydrogen-bond acceptors (Lipinski definition) is 6. The van der Waals surface area contributed by atoms with E-state index in [0.29, 0.717) is 30.4 Å². The number of carbonyl (C=O) groups is 2. The lowest BCUT2D eigenvalue weighted by Crippen LogP contribution is -2.50. The Bertz CT molecular complexity index is 904. The third-order valence-electron chi connectivity index (χ3n) is 5.69. The van der Waals surface area contributed by atoms with Crippen LogP contribution in [-0.4, -0.2) is 82.4 Å². The van der Waals surface area contributed by atoms with Crippen molar-refractivity contribution in [2.45, 2.75) is 24.1 Å². The van der Waals surface area contributed by atoms with Gasteiger partial charge in [-0.05, 0) is 25.0 Å². The number of thioether (sulfide) groups is 1. The predicted molar refractivity (Wildman–Crippen MR) is 120 cm³/mol. The number of nitrogens with one attached hydrogen (secondary N) is 1. The minimum absolute atomic E-state index is 0.0376. The van der Waals surface area contributed by atoms with E-state index in [9.17, 15) is 9.59 Å². The van der Waals surface area contributed by atoms with Gasteiger partial charge in [0.1, 0.15) is 0 Å². The van der Waals surface area contributed by atoms with Crippen LogP contribution >= 0.6 is 11.8 Å². The number of rotatable bonds is 7. The SMILES string of the molecule is Cn1ccnc1SCC(=O)Nc1ccccc1C(=O)N1CCN(CC2CCCO2)CC1. The van der Waals surface area contributed by atoms with E-state index in [1.807, 2.05) is 34.8 Å². The van der Waals surface area contributed by atoms with E-state index >= 15 is 0 Å². The minimum atomic E-state index is -0.158. The number of aromatic nitrogens is 2. The van der Waals surface area contributed by atoms with Gasteiger partial charge in [0.05, 0.1) is 23.1 Å². The monoisotopic (exact) mass is 443 g/mol. The number of piperazine rings is 1. The fraction of sp³-hybridized carbons (Fsp3) is 0.500. The van der Waals surface area contributed by atoms with Crippen LogP contribution in [0.25, 0.3) is 0 Å². The summed E-state index contributed by atoms with van der Waals surface area (Å²) in [4.78, 5) is 34.1. The first-order valence-corrected chi connectivity index (χ1v) is 11.7. The van der Waals surface area contributed by atoms with Crippen LogP contribution in [0.3, 0.4) is 0 Å². The lowest BCUT2D eigenvalue weighted by molar-refractivity contribution is -0.113. The highest BCUT2D eigenvalue weighted by Crippen LogP contribution is 2.21. The Labute approximate surface area is 186 Å². The number of imidazole rings is 1. The molecule has 9 heteroatoms. The van der Waals surface area contributed by atoms with E-state index in [1.54, 1.807) is 18.3 Å². The third-order valence-corrected chi connectivity index (χ3v) is 6.74. The van der Waals surface area contributed by atoms with Crippen molar-refractivity contribution in [1.29, 1.82) is 0 Å². The molecule has 2 aliphatic rings. The maximum absolute atomic E-state index is 13.2. The molecule has 1 unspecified atom stereocenters. The molecule has 3 heterocycles. The van der Waals surface area contributed by atoms with Gasteiger partial charge in [0, 0.05) is 58.8 Å². The molecule has 0 saturated carbocycles. The minimum Gasteiger partial charge on any atom is -0.377 e. The third kappa shape index (κ3) is 5.66. The Morgan fingerprint density at radius 2 is 2.03 bits per heavy atom. The van der Waals surface area contributed by atoms with Gasteiger partial charge in [0.2, 0.25) is 5.91 Å². The number of hydrogen-bond donors (Lipinski definition) is 1. The van der Waals surface area contributed by atoms with Crippen LogP contribution in [0, 0.1) is 0 Å². The topological polar surface area (TPSA) is 79.7 Å². The Morgan fingerprint density at radius 3 is 2.74 bits per heavy atom. The molecule has 0 aliphatic carbocycles. The highest BCUT2D eigenvalue weighted by molar-refractivity contribution is 7.99. The number of ether oxygens (including phenoxy) is 1. The molecule has 1 atom stereocenters. The summed E-state index contributed by atoms with van der Waals surface area (Å²) >= 11 is 1.37. The number of para-hydroxylation sites is 1. The largest absolute Gasteiger partial charge is 0.377 e. The molecule has 4 rings (SSSR count). The van der Waals surface area contributed by atoms with Gasteiger partial charge in [0.15, 0.2) is 5.16 Å². The van der Waals surface area contributed by atoms with Gasteiger partial charge in [-0.1, -0.05) is 23.9 Å².